The van der Waals surface area contributed by atoms with Crippen LogP contribution in [0.2, 0.25) is 0 Å². The van der Waals surface area contributed by atoms with Crippen LogP contribution >= 0.6 is 11.3 Å². The van der Waals surface area contributed by atoms with Crippen molar-refractivity contribution in [2.24, 2.45) is 0 Å². The summed E-state index contributed by atoms with van der Waals surface area (Å²) in [6.45, 7) is 0.793. The molecule has 5 rings (SSSR count). The van der Waals surface area contributed by atoms with Gasteiger partial charge in [0.15, 0.2) is 23.0 Å². The number of methoxy groups -OCH3 is 2. The van der Waals surface area contributed by atoms with Gasteiger partial charge in [-0.3, -0.25) is 4.79 Å². The van der Waals surface area contributed by atoms with E-state index >= 15 is 0 Å². The van der Waals surface area contributed by atoms with Gasteiger partial charge in [-0.25, -0.2) is 0 Å². The van der Waals surface area contributed by atoms with Crippen LogP contribution in [0, 0.1) is 0 Å². The van der Waals surface area contributed by atoms with E-state index in [9.17, 15) is 4.79 Å². The van der Waals surface area contributed by atoms with Crippen LogP contribution in [0.4, 0.5) is 0 Å². The number of benzene rings is 2. The van der Waals surface area contributed by atoms with Crippen LogP contribution in [0.3, 0.4) is 0 Å². The van der Waals surface area contributed by atoms with Crippen LogP contribution in [0.5, 0.6) is 23.0 Å². The molecule has 2 aliphatic rings. The number of carbonyl (C=O) groups excluding carboxylic acids is 1. The number of hydrogen-bond donors (Lipinski definition) is 0. The zero-order valence-corrected chi connectivity index (χ0v) is 17.5. The zero-order valence-electron chi connectivity index (χ0n) is 16.7. The third kappa shape index (κ3) is 3.06. The van der Waals surface area contributed by atoms with E-state index in [0.717, 1.165) is 16.9 Å². The molecule has 0 aliphatic carbocycles. The van der Waals surface area contributed by atoms with Gasteiger partial charge in [0.1, 0.15) is 0 Å². The fraction of sp³-hybridized carbons (Fsp3) is 0.261. The lowest BCUT2D eigenvalue weighted by molar-refractivity contribution is 0.0696. The van der Waals surface area contributed by atoms with Gasteiger partial charge in [-0.15, -0.1) is 11.3 Å². The smallest absolute Gasteiger partial charge is 0.254 e. The molecule has 0 radical (unpaired) electrons. The predicted molar refractivity (Wildman–Crippen MR) is 113 cm³/mol. The van der Waals surface area contributed by atoms with Gasteiger partial charge in [-0.1, -0.05) is 6.07 Å². The Morgan fingerprint density at radius 3 is 2.63 bits per heavy atom. The normalized spacial score (nSPS) is 16.9. The van der Waals surface area contributed by atoms with Gasteiger partial charge in [0, 0.05) is 17.0 Å². The van der Waals surface area contributed by atoms with E-state index in [0.29, 0.717) is 35.1 Å². The second kappa shape index (κ2) is 7.57. The average Bonchev–Trinajstić information content (AvgIpc) is 3.48. The first-order valence-corrected chi connectivity index (χ1v) is 10.6. The van der Waals surface area contributed by atoms with Crippen molar-refractivity contribution in [3.8, 4) is 23.0 Å². The minimum atomic E-state index is -0.188. The van der Waals surface area contributed by atoms with Gasteiger partial charge in [0.05, 0.1) is 20.3 Å². The van der Waals surface area contributed by atoms with Crippen LogP contribution in [0.25, 0.3) is 0 Å². The Labute approximate surface area is 178 Å². The van der Waals surface area contributed by atoms with Gasteiger partial charge >= 0.3 is 0 Å². The number of thiophene rings is 1. The Balaban J connectivity index is 1.58. The first kappa shape index (κ1) is 18.8. The number of hydrogen-bond acceptors (Lipinski definition) is 6. The monoisotopic (exact) mass is 423 g/mol. The van der Waals surface area contributed by atoms with Crippen molar-refractivity contribution in [2.75, 3.05) is 27.6 Å². The lowest BCUT2D eigenvalue weighted by Crippen LogP contribution is -2.40. The molecule has 2 aromatic carbocycles. The molecule has 1 aromatic heterocycles. The summed E-state index contributed by atoms with van der Waals surface area (Å²) in [4.78, 5) is 16.6. The topological polar surface area (TPSA) is 57.2 Å². The molecule has 1 atom stereocenters. The molecule has 7 heteroatoms. The molecule has 3 heterocycles. The first-order chi connectivity index (χ1) is 14.7. The van der Waals surface area contributed by atoms with E-state index in [1.54, 1.807) is 43.8 Å². The van der Waals surface area contributed by atoms with Crippen molar-refractivity contribution < 1.29 is 23.7 Å². The number of ether oxygens (including phenoxy) is 4. The maximum atomic E-state index is 13.6. The van der Waals surface area contributed by atoms with Crippen molar-refractivity contribution in [1.82, 2.24) is 4.90 Å². The van der Waals surface area contributed by atoms with Crippen molar-refractivity contribution in [2.45, 2.75) is 12.5 Å². The standard InChI is InChI=1S/C23H21NO5S/c1-26-18-10-14-7-8-24(23(25)15-5-6-17-20(11-15)29-13-28-17)22(21-4-3-9-30-21)16(14)12-19(18)27-2/h3-6,9-12,22H,7-8,13H2,1-2H3/t22-/m0/s1. The highest BCUT2D eigenvalue weighted by atomic mass is 32.1. The van der Waals surface area contributed by atoms with Gasteiger partial charge in [-0.05, 0) is 59.3 Å². The van der Waals surface area contributed by atoms with E-state index < -0.39 is 0 Å². The molecule has 0 N–H and O–H groups in total. The number of amides is 1. The van der Waals surface area contributed by atoms with Crippen molar-refractivity contribution in [3.63, 3.8) is 0 Å². The summed E-state index contributed by atoms with van der Waals surface area (Å²) in [6.07, 6.45) is 0.744. The molecule has 2 aliphatic heterocycles. The zero-order chi connectivity index (χ0) is 20.7. The van der Waals surface area contributed by atoms with Crippen LogP contribution < -0.4 is 18.9 Å². The van der Waals surface area contributed by atoms with Crippen molar-refractivity contribution >= 4 is 17.2 Å². The minimum Gasteiger partial charge on any atom is -0.493 e. The van der Waals surface area contributed by atoms with Gasteiger partial charge in [-0.2, -0.15) is 0 Å². The molecule has 154 valence electrons. The highest BCUT2D eigenvalue weighted by Gasteiger charge is 2.35. The van der Waals surface area contributed by atoms with E-state index in [4.69, 9.17) is 18.9 Å². The third-order valence-electron chi connectivity index (χ3n) is 5.57. The largest absolute Gasteiger partial charge is 0.493 e. The molecule has 6 nitrogen and oxygen atoms in total. The second-order valence-electron chi connectivity index (χ2n) is 7.14. The predicted octanol–water partition coefficient (Wildman–Crippen LogP) is 4.28. The number of nitrogens with zero attached hydrogens (tertiary/aromatic N) is 1. The van der Waals surface area contributed by atoms with Gasteiger partial charge in [0.2, 0.25) is 6.79 Å². The molecule has 30 heavy (non-hydrogen) atoms. The first-order valence-electron chi connectivity index (χ1n) is 9.68. The molecule has 0 saturated heterocycles. The van der Waals surface area contributed by atoms with Crippen LogP contribution in [-0.2, 0) is 6.42 Å². The van der Waals surface area contributed by atoms with E-state index in [2.05, 4.69) is 6.07 Å². The Morgan fingerprint density at radius 2 is 1.87 bits per heavy atom. The summed E-state index contributed by atoms with van der Waals surface area (Å²) < 4.78 is 21.9. The highest BCUT2D eigenvalue weighted by Crippen LogP contribution is 2.43. The molecule has 0 fully saturated rings. The number of fused-ring (bicyclic) bond motifs is 2. The van der Waals surface area contributed by atoms with E-state index in [1.807, 2.05) is 28.5 Å². The molecule has 1 amide bonds. The summed E-state index contributed by atoms with van der Waals surface area (Å²) >= 11 is 1.64. The fourth-order valence-electron chi connectivity index (χ4n) is 4.11. The molecule has 0 bridgehead atoms. The summed E-state index contributed by atoms with van der Waals surface area (Å²) in [5, 5.41) is 2.04. The molecule has 3 aromatic rings. The maximum Gasteiger partial charge on any atom is 0.254 e. The van der Waals surface area contributed by atoms with Crippen LogP contribution in [0.15, 0.2) is 47.8 Å². The maximum absolute atomic E-state index is 13.6. The van der Waals surface area contributed by atoms with Gasteiger partial charge in [0.25, 0.3) is 5.91 Å². The van der Waals surface area contributed by atoms with Crippen molar-refractivity contribution in [1.29, 1.82) is 0 Å². The lowest BCUT2D eigenvalue weighted by Gasteiger charge is -2.37. The second-order valence-corrected chi connectivity index (χ2v) is 8.12. The summed E-state index contributed by atoms with van der Waals surface area (Å²) in [5.41, 5.74) is 2.82. The van der Waals surface area contributed by atoms with Crippen LogP contribution in [0.1, 0.15) is 32.4 Å². The highest BCUT2D eigenvalue weighted by molar-refractivity contribution is 7.10. The third-order valence-corrected chi connectivity index (χ3v) is 6.49. The van der Waals surface area contributed by atoms with Crippen LogP contribution in [-0.4, -0.2) is 38.4 Å². The minimum absolute atomic E-state index is 0.0351. The Hall–Kier alpha value is -3.19. The SMILES string of the molecule is COc1cc2c(cc1OC)[C@@H](c1cccs1)N(C(=O)c1ccc3c(c1)OCO3)CC2. The molecule has 0 unspecified atom stereocenters. The van der Waals surface area contributed by atoms with E-state index in [1.165, 1.54) is 5.56 Å². The summed E-state index contributed by atoms with van der Waals surface area (Å²) in [7, 11) is 3.27. The Morgan fingerprint density at radius 1 is 1.07 bits per heavy atom. The molecular weight excluding hydrogens is 402 g/mol. The van der Waals surface area contributed by atoms with Gasteiger partial charge < -0.3 is 23.8 Å². The summed E-state index contributed by atoms with van der Waals surface area (Å²) in [5.74, 6) is 2.61. The van der Waals surface area contributed by atoms with Crippen molar-refractivity contribution in [3.05, 3.63) is 69.4 Å². The summed E-state index contributed by atoms with van der Waals surface area (Å²) in [6, 6.07) is 13.3. The average molecular weight is 423 g/mol. The lowest BCUT2D eigenvalue weighted by atomic mass is 9.90. The molecule has 0 saturated carbocycles. The fourth-order valence-corrected chi connectivity index (χ4v) is 4.97. The molecule has 0 spiro atoms. The molecular formula is C23H21NO5S. The quantitative estimate of drug-likeness (QED) is 0.627. The Kier molecular flexibility index (Phi) is 4.75. The number of carbonyl (C=O) groups is 1. The Bertz CT molecular complexity index is 1100. The van der Waals surface area contributed by atoms with E-state index in [-0.39, 0.29) is 18.7 Å². The number of rotatable bonds is 4.